The third-order valence-electron chi connectivity index (χ3n) is 6.62. The number of nitrogens with zero attached hydrogens (tertiary/aromatic N) is 3. The van der Waals surface area contributed by atoms with Gasteiger partial charge in [-0.05, 0) is 70.0 Å². The van der Waals surface area contributed by atoms with Crippen molar-refractivity contribution in [2.45, 2.75) is 71.5 Å². The minimum absolute atomic E-state index is 0.0644. The van der Waals surface area contributed by atoms with Gasteiger partial charge in [-0.2, -0.15) is 0 Å². The number of anilines is 1. The second kappa shape index (κ2) is 10.7. The molecule has 1 fully saturated rings. The lowest BCUT2D eigenvalue weighted by atomic mass is 9.93. The number of carbonyl (C=O) groups is 1. The van der Waals surface area contributed by atoms with E-state index < -0.39 is 0 Å². The van der Waals surface area contributed by atoms with Gasteiger partial charge < -0.3 is 15.0 Å². The van der Waals surface area contributed by atoms with Crippen molar-refractivity contribution in [1.29, 1.82) is 0 Å². The highest BCUT2D eigenvalue weighted by atomic mass is 16.5. The molecule has 180 valence electrons. The maximum Gasteiger partial charge on any atom is 0.322 e. The van der Waals surface area contributed by atoms with Crippen molar-refractivity contribution in [2.24, 2.45) is 0 Å². The number of rotatable bonds is 7. The Morgan fingerprint density at radius 1 is 1.12 bits per heavy atom. The Bertz CT molecular complexity index is 1180. The number of hydrogen-bond donors (Lipinski definition) is 1. The van der Waals surface area contributed by atoms with Crippen LogP contribution in [0.15, 0.2) is 53.3 Å². The number of para-hydroxylation sites is 1. The number of urea groups is 1. The van der Waals surface area contributed by atoms with Gasteiger partial charge in [-0.15, -0.1) is 0 Å². The predicted octanol–water partition coefficient (Wildman–Crippen LogP) is 5.74. The third-order valence-corrected chi connectivity index (χ3v) is 6.62. The van der Waals surface area contributed by atoms with Crippen LogP contribution in [-0.4, -0.2) is 33.1 Å². The summed E-state index contributed by atoms with van der Waals surface area (Å²) in [6, 6.07) is 14.4. The summed E-state index contributed by atoms with van der Waals surface area (Å²) in [4.78, 5) is 33.6. The molecule has 1 unspecified atom stereocenters. The summed E-state index contributed by atoms with van der Waals surface area (Å²) in [7, 11) is 0. The molecule has 1 aliphatic rings. The first kappa shape index (κ1) is 23.8. The van der Waals surface area contributed by atoms with Crippen LogP contribution in [0.4, 0.5) is 10.5 Å². The molecule has 1 aliphatic carbocycles. The Morgan fingerprint density at radius 3 is 2.50 bits per heavy atom. The van der Waals surface area contributed by atoms with E-state index in [1.165, 1.54) is 6.42 Å². The van der Waals surface area contributed by atoms with Crippen LogP contribution in [-0.2, 0) is 6.54 Å². The third kappa shape index (κ3) is 4.93. The van der Waals surface area contributed by atoms with Gasteiger partial charge in [-0.1, -0.05) is 31.4 Å². The molecular weight excluding hydrogens is 428 g/mol. The SMILES string of the molecule is CCOc1ccc(NC(=O)N(C2CCCCC2)C(C)c2nc3ccccc3c(=O)n2CC)cc1. The quantitative estimate of drug-likeness (QED) is 0.486. The van der Waals surface area contributed by atoms with E-state index in [4.69, 9.17) is 9.72 Å². The van der Waals surface area contributed by atoms with Crippen molar-refractivity contribution >= 4 is 22.6 Å². The minimum atomic E-state index is -0.358. The van der Waals surface area contributed by atoms with Crippen molar-refractivity contribution in [3.8, 4) is 5.75 Å². The predicted molar refractivity (Wildman–Crippen MR) is 135 cm³/mol. The van der Waals surface area contributed by atoms with Crippen molar-refractivity contribution in [2.75, 3.05) is 11.9 Å². The Balaban J connectivity index is 1.69. The Morgan fingerprint density at radius 2 is 1.82 bits per heavy atom. The summed E-state index contributed by atoms with van der Waals surface area (Å²) >= 11 is 0. The molecule has 1 aromatic heterocycles. The molecule has 1 saturated carbocycles. The maximum absolute atomic E-state index is 13.7. The van der Waals surface area contributed by atoms with Gasteiger partial charge in [-0.3, -0.25) is 9.36 Å². The summed E-state index contributed by atoms with van der Waals surface area (Å²) in [5.74, 6) is 1.39. The number of hydrogen-bond acceptors (Lipinski definition) is 4. The Kier molecular flexibility index (Phi) is 7.50. The molecule has 1 heterocycles. The lowest BCUT2D eigenvalue weighted by Crippen LogP contribution is -2.46. The van der Waals surface area contributed by atoms with E-state index >= 15 is 0 Å². The molecular formula is C27H34N4O3. The van der Waals surface area contributed by atoms with Crippen LogP contribution >= 0.6 is 0 Å². The van der Waals surface area contributed by atoms with Gasteiger partial charge in [0.15, 0.2) is 0 Å². The molecule has 0 saturated heterocycles. The number of ether oxygens (including phenoxy) is 1. The van der Waals surface area contributed by atoms with Crippen molar-refractivity contribution in [3.05, 3.63) is 64.7 Å². The average Bonchev–Trinajstić information content (AvgIpc) is 2.86. The summed E-state index contributed by atoms with van der Waals surface area (Å²) in [5.41, 5.74) is 1.31. The van der Waals surface area contributed by atoms with Gasteiger partial charge in [0.1, 0.15) is 11.6 Å². The molecule has 0 radical (unpaired) electrons. The lowest BCUT2D eigenvalue weighted by molar-refractivity contribution is 0.134. The van der Waals surface area contributed by atoms with E-state index in [2.05, 4.69) is 5.32 Å². The molecule has 2 amide bonds. The van der Waals surface area contributed by atoms with Crippen LogP contribution in [0.1, 0.15) is 64.7 Å². The molecule has 0 bridgehead atoms. The van der Waals surface area contributed by atoms with Crippen molar-refractivity contribution in [3.63, 3.8) is 0 Å². The summed E-state index contributed by atoms with van der Waals surface area (Å²) in [5, 5.41) is 3.67. The second-order valence-corrected chi connectivity index (χ2v) is 8.80. The molecule has 0 aliphatic heterocycles. The molecule has 7 nitrogen and oxygen atoms in total. The fourth-order valence-corrected chi connectivity index (χ4v) is 4.94. The minimum Gasteiger partial charge on any atom is -0.494 e. The number of aromatic nitrogens is 2. The van der Waals surface area contributed by atoms with Gasteiger partial charge in [-0.25, -0.2) is 9.78 Å². The summed E-state index contributed by atoms with van der Waals surface area (Å²) in [6.45, 7) is 6.95. The molecule has 0 spiro atoms. The second-order valence-electron chi connectivity index (χ2n) is 8.80. The zero-order valence-corrected chi connectivity index (χ0v) is 20.3. The highest BCUT2D eigenvalue weighted by Crippen LogP contribution is 2.31. The van der Waals surface area contributed by atoms with Gasteiger partial charge in [0.25, 0.3) is 5.56 Å². The Hall–Kier alpha value is -3.35. The fourth-order valence-electron chi connectivity index (χ4n) is 4.94. The van der Waals surface area contributed by atoms with Crippen LogP contribution in [0.2, 0.25) is 0 Å². The highest BCUT2D eigenvalue weighted by molar-refractivity contribution is 5.90. The first-order chi connectivity index (χ1) is 16.5. The summed E-state index contributed by atoms with van der Waals surface area (Å²) in [6.07, 6.45) is 5.27. The van der Waals surface area contributed by atoms with E-state index in [1.807, 2.05) is 74.2 Å². The van der Waals surface area contributed by atoms with E-state index in [0.29, 0.717) is 35.6 Å². The van der Waals surface area contributed by atoms with Crippen LogP contribution in [0.3, 0.4) is 0 Å². The molecule has 7 heteroatoms. The smallest absolute Gasteiger partial charge is 0.322 e. The van der Waals surface area contributed by atoms with Crippen molar-refractivity contribution < 1.29 is 9.53 Å². The first-order valence-corrected chi connectivity index (χ1v) is 12.3. The van der Waals surface area contributed by atoms with Gasteiger partial charge in [0.05, 0.1) is 23.6 Å². The number of amides is 2. The molecule has 1 atom stereocenters. The highest BCUT2D eigenvalue weighted by Gasteiger charge is 2.33. The van der Waals surface area contributed by atoms with Gasteiger partial charge in [0, 0.05) is 18.3 Å². The molecule has 4 rings (SSSR count). The molecule has 34 heavy (non-hydrogen) atoms. The molecule has 2 aromatic carbocycles. The maximum atomic E-state index is 13.7. The van der Waals surface area contributed by atoms with E-state index in [0.717, 1.165) is 31.4 Å². The van der Waals surface area contributed by atoms with Crippen LogP contribution in [0.5, 0.6) is 5.75 Å². The van der Waals surface area contributed by atoms with Gasteiger partial charge in [0.2, 0.25) is 0 Å². The summed E-state index contributed by atoms with van der Waals surface area (Å²) < 4.78 is 7.21. The van der Waals surface area contributed by atoms with Crippen LogP contribution in [0.25, 0.3) is 10.9 Å². The number of carbonyl (C=O) groups excluding carboxylic acids is 1. The van der Waals surface area contributed by atoms with Crippen LogP contribution < -0.4 is 15.6 Å². The number of fused-ring (bicyclic) bond motifs is 1. The van der Waals surface area contributed by atoms with E-state index in [-0.39, 0.29) is 23.7 Å². The average molecular weight is 463 g/mol. The first-order valence-electron chi connectivity index (χ1n) is 12.3. The monoisotopic (exact) mass is 462 g/mol. The van der Waals surface area contributed by atoms with E-state index in [9.17, 15) is 9.59 Å². The van der Waals surface area contributed by atoms with Gasteiger partial charge >= 0.3 is 6.03 Å². The topological polar surface area (TPSA) is 76.5 Å². The van der Waals surface area contributed by atoms with E-state index in [1.54, 1.807) is 4.57 Å². The zero-order chi connectivity index (χ0) is 24.1. The largest absolute Gasteiger partial charge is 0.494 e. The molecule has 3 aromatic rings. The number of benzene rings is 2. The zero-order valence-electron chi connectivity index (χ0n) is 20.3. The van der Waals surface area contributed by atoms with Crippen LogP contribution in [0, 0.1) is 0 Å². The normalized spacial score (nSPS) is 15.1. The lowest BCUT2D eigenvalue weighted by Gasteiger charge is -2.38. The fraction of sp³-hybridized carbons (Fsp3) is 0.444. The standard InChI is InChI=1S/C27H34N4O3/c1-4-30-25(29-24-14-10-9-13-23(24)26(30)32)19(3)31(21-11-7-6-8-12-21)27(33)28-20-15-17-22(18-16-20)34-5-2/h9-10,13-19,21H,4-8,11-12H2,1-3H3,(H,28,33). The molecule has 1 N–H and O–H groups in total. The number of nitrogens with one attached hydrogen (secondary N) is 1. The van der Waals surface area contributed by atoms with Crippen molar-refractivity contribution in [1.82, 2.24) is 14.5 Å². The Labute approximate surface area is 200 Å².